The number of hydrogen-bond donors (Lipinski definition) is 1. The van der Waals surface area contributed by atoms with Crippen molar-refractivity contribution in [2.24, 2.45) is 5.92 Å². The van der Waals surface area contributed by atoms with E-state index >= 15 is 0 Å². The van der Waals surface area contributed by atoms with Crippen LogP contribution in [0.1, 0.15) is 79.3 Å². The Morgan fingerprint density at radius 3 is 2.27 bits per heavy atom. The van der Waals surface area contributed by atoms with Crippen LogP contribution in [0.15, 0.2) is 54.9 Å². The molecular weight excluding hydrogens is 664 g/mol. The van der Waals surface area contributed by atoms with Crippen molar-refractivity contribution in [1.82, 2.24) is 15.0 Å². The van der Waals surface area contributed by atoms with Crippen LogP contribution >= 0.6 is 11.8 Å². The molecule has 1 saturated carbocycles. The number of rotatable bonds is 14. The second-order valence-electron chi connectivity index (χ2n) is 12.6. The van der Waals surface area contributed by atoms with Crippen molar-refractivity contribution in [2.75, 3.05) is 35.4 Å². The largest absolute Gasteiger partial charge is 0.489 e. The SMILES string of the molecule is CSCCOc1cnc(N(Cc2cc3cc(C)ccc3nc2NCCCC2CCCC2)C(C)c2cc(C(F)(F)F)cc(C(F)(F)F)c2)nc1. The highest BCUT2D eigenvalue weighted by Gasteiger charge is 2.38. The molecule has 6 nitrogen and oxygen atoms in total. The summed E-state index contributed by atoms with van der Waals surface area (Å²) in [6.07, 6.45) is 1.98. The van der Waals surface area contributed by atoms with Crippen LogP contribution in [0.3, 0.4) is 0 Å². The van der Waals surface area contributed by atoms with Gasteiger partial charge in [0.05, 0.1) is 48.2 Å². The van der Waals surface area contributed by atoms with Crippen LogP contribution < -0.4 is 15.0 Å². The molecular formula is C36H41F6N5OS. The lowest BCUT2D eigenvalue weighted by Crippen LogP contribution is -2.29. The van der Waals surface area contributed by atoms with E-state index < -0.39 is 29.5 Å². The van der Waals surface area contributed by atoms with Crippen LogP contribution in [-0.2, 0) is 18.9 Å². The molecule has 5 rings (SSSR count). The number of thioether (sulfide) groups is 1. The van der Waals surface area contributed by atoms with Gasteiger partial charge < -0.3 is 15.0 Å². The minimum atomic E-state index is -4.98. The lowest BCUT2D eigenvalue weighted by molar-refractivity contribution is -0.143. The summed E-state index contributed by atoms with van der Waals surface area (Å²) in [6, 6.07) is 8.50. The highest BCUT2D eigenvalue weighted by molar-refractivity contribution is 7.98. The third-order valence-corrected chi connectivity index (χ3v) is 9.51. The van der Waals surface area contributed by atoms with E-state index in [1.165, 1.54) is 38.1 Å². The molecule has 0 spiro atoms. The molecule has 0 bridgehead atoms. The first-order chi connectivity index (χ1) is 23.3. The Morgan fingerprint density at radius 2 is 1.63 bits per heavy atom. The van der Waals surface area contributed by atoms with Crippen molar-refractivity contribution in [3.63, 3.8) is 0 Å². The molecule has 0 saturated heterocycles. The van der Waals surface area contributed by atoms with E-state index in [1.54, 1.807) is 23.6 Å². The van der Waals surface area contributed by atoms with Gasteiger partial charge in [-0.2, -0.15) is 38.1 Å². The summed E-state index contributed by atoms with van der Waals surface area (Å²) in [7, 11) is 0. The van der Waals surface area contributed by atoms with Crippen molar-refractivity contribution < 1.29 is 31.1 Å². The van der Waals surface area contributed by atoms with E-state index in [-0.39, 0.29) is 24.1 Å². The molecule has 0 amide bonds. The zero-order valence-corrected chi connectivity index (χ0v) is 28.6. The molecule has 49 heavy (non-hydrogen) atoms. The van der Waals surface area contributed by atoms with Gasteiger partial charge in [-0.15, -0.1) is 0 Å². The van der Waals surface area contributed by atoms with E-state index in [9.17, 15) is 26.3 Å². The summed E-state index contributed by atoms with van der Waals surface area (Å²) in [5, 5.41) is 4.33. The summed E-state index contributed by atoms with van der Waals surface area (Å²) in [5.74, 6) is 2.58. The molecule has 0 aliphatic heterocycles. The standard InChI is InChI=1S/C36H41F6N5OS/c1-23-10-11-32-27(15-23)16-28(33(46-32)43-12-6-9-25-7-4-5-8-25)22-47(34-44-20-31(21-45-34)48-13-14-49-3)24(2)26-17-29(35(37,38)39)19-30(18-26)36(40,41)42/h10-11,15-21,24-25H,4-9,12-14,22H2,1-3H3,(H,43,46). The Labute approximate surface area is 287 Å². The van der Waals surface area contributed by atoms with E-state index in [0.717, 1.165) is 53.1 Å². The van der Waals surface area contributed by atoms with Gasteiger partial charge in [0.15, 0.2) is 5.75 Å². The molecule has 2 heterocycles. The fraction of sp³-hybridized carbons (Fsp3) is 0.472. The molecule has 1 N–H and O–H groups in total. The van der Waals surface area contributed by atoms with Crippen LogP contribution in [-0.4, -0.2) is 40.1 Å². The number of ether oxygens (including phenoxy) is 1. The smallest absolute Gasteiger partial charge is 0.416 e. The number of nitrogens with zero attached hydrogens (tertiary/aromatic N) is 4. The third kappa shape index (κ3) is 9.70. The maximum absolute atomic E-state index is 13.9. The zero-order valence-electron chi connectivity index (χ0n) is 27.8. The Hall–Kier alpha value is -3.74. The number of aryl methyl sites for hydroxylation is 1. The first-order valence-electron chi connectivity index (χ1n) is 16.5. The summed E-state index contributed by atoms with van der Waals surface area (Å²) < 4.78 is 89.0. The van der Waals surface area contributed by atoms with E-state index in [0.29, 0.717) is 30.3 Å². The maximum atomic E-state index is 13.9. The topological polar surface area (TPSA) is 63.2 Å². The number of hydrogen-bond acceptors (Lipinski definition) is 7. The van der Waals surface area contributed by atoms with Crippen LogP contribution in [0.4, 0.5) is 38.1 Å². The van der Waals surface area contributed by atoms with Crippen LogP contribution in [0, 0.1) is 12.8 Å². The van der Waals surface area contributed by atoms with Gasteiger partial charge in [0.25, 0.3) is 0 Å². The van der Waals surface area contributed by atoms with Gasteiger partial charge in [0, 0.05) is 23.2 Å². The van der Waals surface area contributed by atoms with E-state index in [1.807, 2.05) is 37.4 Å². The monoisotopic (exact) mass is 705 g/mol. The molecule has 2 aromatic heterocycles. The minimum absolute atomic E-state index is 0.0489. The molecule has 13 heteroatoms. The third-order valence-electron chi connectivity index (χ3n) is 8.93. The number of fused-ring (bicyclic) bond motifs is 1. The number of benzene rings is 2. The quantitative estimate of drug-likeness (QED) is 0.104. The van der Waals surface area contributed by atoms with Crippen molar-refractivity contribution in [1.29, 1.82) is 0 Å². The van der Waals surface area contributed by atoms with Gasteiger partial charge in [0.2, 0.25) is 5.95 Å². The average Bonchev–Trinajstić information content (AvgIpc) is 3.58. The first kappa shape index (κ1) is 36.5. The second kappa shape index (κ2) is 15.9. The molecule has 1 fully saturated rings. The first-order valence-corrected chi connectivity index (χ1v) is 17.8. The van der Waals surface area contributed by atoms with Gasteiger partial charge >= 0.3 is 12.4 Å². The van der Waals surface area contributed by atoms with Crippen LogP contribution in [0.2, 0.25) is 0 Å². The highest BCUT2D eigenvalue weighted by Crippen LogP contribution is 2.39. The minimum Gasteiger partial charge on any atom is -0.489 e. The van der Waals surface area contributed by atoms with Crippen molar-refractivity contribution in [3.05, 3.63) is 82.7 Å². The summed E-state index contributed by atoms with van der Waals surface area (Å²) in [5.41, 5.74) is -0.445. The summed E-state index contributed by atoms with van der Waals surface area (Å²) >= 11 is 1.61. The van der Waals surface area contributed by atoms with Crippen molar-refractivity contribution in [3.8, 4) is 5.75 Å². The van der Waals surface area contributed by atoms with Crippen LogP contribution in [0.5, 0.6) is 5.75 Å². The Morgan fingerprint density at radius 1 is 0.959 bits per heavy atom. The lowest BCUT2D eigenvalue weighted by Gasteiger charge is -2.31. The predicted molar refractivity (Wildman–Crippen MR) is 183 cm³/mol. The summed E-state index contributed by atoms with van der Waals surface area (Å²) in [6.45, 7) is 4.66. The van der Waals surface area contributed by atoms with E-state index in [2.05, 4.69) is 15.3 Å². The Balaban J connectivity index is 1.54. The molecule has 264 valence electrons. The number of halogens is 6. The van der Waals surface area contributed by atoms with Crippen LogP contribution in [0.25, 0.3) is 10.9 Å². The molecule has 4 aromatic rings. The molecule has 1 atom stereocenters. The molecule has 1 aliphatic rings. The Bertz CT molecular complexity index is 1660. The summed E-state index contributed by atoms with van der Waals surface area (Å²) in [4.78, 5) is 15.4. The zero-order chi connectivity index (χ0) is 35.2. The molecule has 2 aromatic carbocycles. The number of pyridine rings is 1. The number of nitrogens with one attached hydrogen (secondary N) is 1. The fourth-order valence-corrected chi connectivity index (χ4v) is 6.50. The highest BCUT2D eigenvalue weighted by atomic mass is 32.2. The van der Waals surface area contributed by atoms with Gasteiger partial charge in [-0.05, 0) is 80.8 Å². The fourth-order valence-electron chi connectivity index (χ4n) is 6.25. The predicted octanol–water partition coefficient (Wildman–Crippen LogP) is 10.3. The normalized spacial score (nSPS) is 14.7. The maximum Gasteiger partial charge on any atom is 0.416 e. The van der Waals surface area contributed by atoms with Gasteiger partial charge in [0.1, 0.15) is 5.82 Å². The van der Waals surface area contributed by atoms with Gasteiger partial charge in [-0.25, -0.2) is 15.0 Å². The van der Waals surface area contributed by atoms with E-state index in [4.69, 9.17) is 9.72 Å². The lowest BCUT2D eigenvalue weighted by atomic mass is 9.99. The average molecular weight is 706 g/mol. The van der Waals surface area contributed by atoms with Crippen molar-refractivity contribution >= 4 is 34.4 Å². The Kier molecular flexibility index (Phi) is 11.8. The number of aromatic nitrogens is 3. The molecule has 1 unspecified atom stereocenters. The molecule has 0 radical (unpaired) electrons. The van der Waals surface area contributed by atoms with Crippen molar-refractivity contribution in [2.45, 2.75) is 77.3 Å². The molecule has 1 aliphatic carbocycles. The van der Waals surface area contributed by atoms with Gasteiger partial charge in [-0.1, -0.05) is 37.3 Å². The second-order valence-corrected chi connectivity index (χ2v) is 13.6. The number of anilines is 2. The van der Waals surface area contributed by atoms with Gasteiger partial charge in [-0.3, -0.25) is 0 Å². The number of alkyl halides is 6.